The first kappa shape index (κ1) is 24.3. The number of amides is 2. The highest BCUT2D eigenvalue weighted by atomic mass is 32.1. The van der Waals surface area contributed by atoms with Gasteiger partial charge in [-0.25, -0.2) is 4.98 Å². The number of nitrogens with one attached hydrogen (secondary N) is 1. The monoisotopic (exact) mass is 511 g/mol. The fourth-order valence-electron chi connectivity index (χ4n) is 4.46. The molecule has 190 valence electrons. The number of aryl methyl sites for hydroxylation is 1. The number of benzene rings is 1. The molecule has 0 saturated carbocycles. The van der Waals surface area contributed by atoms with Crippen LogP contribution in [0.5, 0.6) is 16.7 Å². The van der Waals surface area contributed by atoms with Crippen molar-refractivity contribution in [2.45, 2.75) is 32.8 Å². The third-order valence-corrected chi connectivity index (χ3v) is 6.99. The lowest BCUT2D eigenvalue weighted by Crippen LogP contribution is -2.33. The van der Waals surface area contributed by atoms with E-state index in [9.17, 15) is 9.59 Å². The number of fused-ring (bicyclic) bond motifs is 1. The van der Waals surface area contributed by atoms with Gasteiger partial charge in [-0.3, -0.25) is 14.3 Å². The first-order valence-electron chi connectivity index (χ1n) is 11.8. The Hall–Kier alpha value is -3.44. The normalized spacial score (nSPS) is 19.1. The van der Waals surface area contributed by atoms with E-state index in [0.29, 0.717) is 59.1 Å². The molecule has 10 nitrogen and oxygen atoms in total. The number of thiazole rings is 1. The highest BCUT2D eigenvalue weighted by Gasteiger charge is 2.34. The quantitative estimate of drug-likeness (QED) is 0.537. The number of carbonyl (C=O) groups excluding carboxylic acids is 2. The molecule has 4 heterocycles. The number of ether oxygens (including phenoxy) is 3. The molecule has 1 fully saturated rings. The summed E-state index contributed by atoms with van der Waals surface area (Å²) >= 11 is 1.22. The van der Waals surface area contributed by atoms with Crippen LogP contribution in [0.15, 0.2) is 30.5 Å². The Balaban J connectivity index is 1.43. The van der Waals surface area contributed by atoms with Crippen LogP contribution >= 0.6 is 11.3 Å². The molecule has 11 heteroatoms. The Morgan fingerprint density at radius 1 is 1.25 bits per heavy atom. The molecule has 36 heavy (non-hydrogen) atoms. The van der Waals surface area contributed by atoms with Gasteiger partial charge in [-0.15, -0.1) is 0 Å². The molecule has 1 saturated heterocycles. The van der Waals surface area contributed by atoms with Crippen molar-refractivity contribution >= 4 is 29.0 Å². The highest BCUT2D eigenvalue weighted by Crippen LogP contribution is 2.37. The van der Waals surface area contributed by atoms with Gasteiger partial charge in [-0.2, -0.15) is 5.10 Å². The number of nitrogens with zero attached hydrogens (tertiary/aromatic N) is 4. The van der Waals surface area contributed by atoms with Crippen molar-refractivity contribution in [1.29, 1.82) is 0 Å². The molecule has 2 aromatic heterocycles. The van der Waals surface area contributed by atoms with E-state index < -0.39 is 0 Å². The summed E-state index contributed by atoms with van der Waals surface area (Å²) in [7, 11) is 3.58. The third kappa shape index (κ3) is 5.36. The van der Waals surface area contributed by atoms with Crippen molar-refractivity contribution in [3.63, 3.8) is 0 Å². The van der Waals surface area contributed by atoms with E-state index in [1.165, 1.54) is 11.3 Å². The molecule has 0 radical (unpaired) electrons. The fraction of sp³-hybridized carbons (Fsp3) is 0.440. The molecule has 2 amide bonds. The van der Waals surface area contributed by atoms with Gasteiger partial charge >= 0.3 is 0 Å². The minimum absolute atomic E-state index is 0.0586. The van der Waals surface area contributed by atoms with Crippen molar-refractivity contribution in [3.05, 3.63) is 46.6 Å². The zero-order chi connectivity index (χ0) is 25.4. The van der Waals surface area contributed by atoms with E-state index in [-0.39, 0.29) is 23.3 Å². The van der Waals surface area contributed by atoms with Gasteiger partial charge in [0, 0.05) is 51.0 Å². The Morgan fingerprint density at radius 2 is 2.06 bits per heavy atom. The molecule has 0 bridgehead atoms. The number of hydrogen-bond acceptors (Lipinski definition) is 8. The van der Waals surface area contributed by atoms with Crippen LogP contribution in [0.3, 0.4) is 0 Å². The summed E-state index contributed by atoms with van der Waals surface area (Å²) in [6.45, 7) is 6.02. The van der Waals surface area contributed by atoms with E-state index in [0.717, 1.165) is 12.1 Å². The molecule has 5 rings (SSSR count). The van der Waals surface area contributed by atoms with Crippen LogP contribution in [0.25, 0.3) is 0 Å². The average Bonchev–Trinajstić information content (AvgIpc) is 3.53. The molecule has 3 aromatic rings. The van der Waals surface area contributed by atoms with Crippen LogP contribution in [0.4, 0.5) is 5.82 Å². The zero-order valence-corrected chi connectivity index (χ0v) is 21.6. The van der Waals surface area contributed by atoms with Crippen LogP contribution in [0.2, 0.25) is 0 Å². The van der Waals surface area contributed by atoms with Gasteiger partial charge in [0.05, 0.1) is 18.9 Å². The third-order valence-electron chi connectivity index (χ3n) is 6.02. The van der Waals surface area contributed by atoms with E-state index in [4.69, 9.17) is 14.2 Å². The molecule has 0 aliphatic carbocycles. The van der Waals surface area contributed by atoms with Crippen LogP contribution in [-0.2, 0) is 18.2 Å². The van der Waals surface area contributed by atoms with Gasteiger partial charge in [0.1, 0.15) is 22.5 Å². The smallest absolute Gasteiger partial charge is 0.279 e. The van der Waals surface area contributed by atoms with Crippen LogP contribution in [0, 0.1) is 5.41 Å². The first-order valence-corrected chi connectivity index (χ1v) is 12.6. The SMILES string of the molecule is CN1CC(C)(C)Cc2nc(Oc3cc(OC4CCOC4)cc(C(=O)Nc4ccn(C)n4)c3)sc2C1=O. The molecular weight excluding hydrogens is 482 g/mol. The molecule has 2 aliphatic heterocycles. The van der Waals surface area contributed by atoms with Crippen molar-refractivity contribution in [2.24, 2.45) is 12.5 Å². The van der Waals surface area contributed by atoms with Gasteiger partial charge in [0.25, 0.3) is 17.0 Å². The van der Waals surface area contributed by atoms with Gasteiger partial charge in [-0.1, -0.05) is 25.2 Å². The topological polar surface area (TPSA) is 108 Å². The molecule has 1 atom stereocenters. The predicted molar refractivity (Wildman–Crippen MR) is 134 cm³/mol. The average molecular weight is 512 g/mol. The molecular formula is C25H29N5O5S. The first-order chi connectivity index (χ1) is 17.1. The summed E-state index contributed by atoms with van der Waals surface area (Å²) in [5, 5.41) is 7.33. The van der Waals surface area contributed by atoms with E-state index in [2.05, 4.69) is 29.2 Å². The van der Waals surface area contributed by atoms with Crippen LogP contribution < -0.4 is 14.8 Å². The van der Waals surface area contributed by atoms with Crippen molar-refractivity contribution in [3.8, 4) is 16.7 Å². The summed E-state index contributed by atoms with van der Waals surface area (Å²) in [5.74, 6) is 0.914. The molecule has 1 unspecified atom stereocenters. The summed E-state index contributed by atoms with van der Waals surface area (Å²) in [4.78, 5) is 32.9. The Kier molecular flexibility index (Phi) is 6.44. The van der Waals surface area contributed by atoms with E-state index >= 15 is 0 Å². The highest BCUT2D eigenvalue weighted by molar-refractivity contribution is 7.15. The maximum Gasteiger partial charge on any atom is 0.279 e. The zero-order valence-electron chi connectivity index (χ0n) is 20.7. The van der Waals surface area contributed by atoms with Crippen LogP contribution in [0.1, 0.15) is 46.0 Å². The second-order valence-corrected chi connectivity index (χ2v) is 10.9. The largest absolute Gasteiger partial charge is 0.488 e. The lowest BCUT2D eigenvalue weighted by Gasteiger charge is -2.26. The lowest BCUT2D eigenvalue weighted by atomic mass is 9.88. The summed E-state index contributed by atoms with van der Waals surface area (Å²) in [6, 6.07) is 6.73. The maximum atomic E-state index is 13.0. The van der Waals surface area contributed by atoms with Crippen molar-refractivity contribution in [2.75, 3.05) is 32.1 Å². The summed E-state index contributed by atoms with van der Waals surface area (Å²) in [6.07, 6.45) is 3.08. The van der Waals surface area contributed by atoms with Gasteiger partial charge in [0.2, 0.25) is 0 Å². The van der Waals surface area contributed by atoms with Gasteiger partial charge in [-0.05, 0) is 24.0 Å². The lowest BCUT2D eigenvalue weighted by molar-refractivity contribution is 0.0757. The second kappa shape index (κ2) is 9.55. The fourth-order valence-corrected chi connectivity index (χ4v) is 5.40. The molecule has 1 aromatic carbocycles. The Bertz CT molecular complexity index is 1290. The number of hydrogen-bond donors (Lipinski definition) is 1. The molecule has 1 N–H and O–H groups in total. The molecule has 0 spiro atoms. The Labute approximate surface area is 213 Å². The summed E-state index contributed by atoms with van der Waals surface area (Å²) < 4.78 is 19.2. The minimum Gasteiger partial charge on any atom is -0.488 e. The van der Waals surface area contributed by atoms with Crippen molar-refractivity contribution < 1.29 is 23.8 Å². The molecule has 2 aliphatic rings. The standard InChI is InChI=1S/C25H29N5O5S/c1-25(2)12-19-21(23(32)29(3)14-25)36-24(26-19)35-18-10-15(22(31)27-20-5-7-30(4)28-20)9-17(11-18)34-16-6-8-33-13-16/h5,7,9-11,16H,6,8,12-14H2,1-4H3,(H,27,28,31). The van der Waals surface area contributed by atoms with E-state index in [1.807, 2.05) is 0 Å². The number of anilines is 1. The van der Waals surface area contributed by atoms with Gasteiger partial charge < -0.3 is 24.4 Å². The minimum atomic E-state index is -0.347. The number of carbonyl (C=O) groups is 2. The number of rotatable bonds is 6. The number of aromatic nitrogens is 3. The predicted octanol–water partition coefficient (Wildman–Crippen LogP) is 3.74. The van der Waals surface area contributed by atoms with Gasteiger partial charge in [0.15, 0.2) is 5.82 Å². The maximum absolute atomic E-state index is 13.0. The van der Waals surface area contributed by atoms with E-state index in [1.54, 1.807) is 54.1 Å². The van der Waals surface area contributed by atoms with Crippen LogP contribution in [-0.4, -0.2) is 64.4 Å². The van der Waals surface area contributed by atoms with Crippen molar-refractivity contribution in [1.82, 2.24) is 19.7 Å². The summed E-state index contributed by atoms with van der Waals surface area (Å²) in [5.41, 5.74) is 0.981. The second-order valence-electron chi connectivity index (χ2n) is 9.99. The Morgan fingerprint density at radius 3 is 2.78 bits per heavy atom.